The Balaban J connectivity index is 3.42. The van der Waals surface area contributed by atoms with Crippen LogP contribution >= 0.6 is 0 Å². The van der Waals surface area contributed by atoms with E-state index in [0.29, 0.717) is 0 Å². The lowest BCUT2D eigenvalue weighted by atomic mass is 9.83. The Hall–Kier alpha value is -1.89. The van der Waals surface area contributed by atoms with Crippen LogP contribution in [0.2, 0.25) is 0 Å². The highest BCUT2D eigenvalue weighted by Crippen LogP contribution is 2.29. The summed E-state index contributed by atoms with van der Waals surface area (Å²) >= 11 is 0. The first-order valence-electron chi connectivity index (χ1n) is 8.17. The van der Waals surface area contributed by atoms with Gasteiger partial charge in [0.2, 0.25) is 0 Å². The van der Waals surface area contributed by atoms with Gasteiger partial charge in [-0.05, 0) is 46.6 Å². The molecule has 0 aliphatic rings. The second kappa shape index (κ2) is 7.59. The molecule has 1 aromatic carbocycles. The maximum absolute atomic E-state index is 11.5. The average Bonchev–Trinajstić information content (AvgIpc) is 2.43. The highest BCUT2D eigenvalue weighted by Gasteiger charge is 2.17. The van der Waals surface area contributed by atoms with Crippen LogP contribution in [0.1, 0.15) is 54.0 Å². The second-order valence-electron chi connectivity index (χ2n) is 8.10. The summed E-state index contributed by atoms with van der Waals surface area (Å²) in [5.41, 5.74) is 4.22. The fourth-order valence-corrected chi connectivity index (χ4v) is 1.94. The molecular formula is C22H30O. The molecule has 0 bridgehead atoms. The Kier molecular flexibility index (Phi) is 6.32. The Labute approximate surface area is 141 Å². The van der Waals surface area contributed by atoms with Gasteiger partial charge in [-0.2, -0.15) is 0 Å². The summed E-state index contributed by atoms with van der Waals surface area (Å²) < 4.78 is 0. The van der Waals surface area contributed by atoms with Crippen LogP contribution in [0.25, 0.3) is 6.08 Å². The number of aldehydes is 1. The molecule has 0 spiro atoms. The molecule has 0 atom stereocenters. The smallest absolute Gasteiger partial charge is 0.146 e. The molecule has 1 heteroatoms. The van der Waals surface area contributed by atoms with Crippen molar-refractivity contribution in [3.05, 3.63) is 64.8 Å². The first-order chi connectivity index (χ1) is 10.5. The van der Waals surface area contributed by atoms with Gasteiger partial charge in [0.15, 0.2) is 0 Å². The zero-order valence-electron chi connectivity index (χ0n) is 15.6. The normalized spacial score (nSPS) is 14.8. The summed E-state index contributed by atoms with van der Waals surface area (Å²) in [4.78, 5) is 11.5. The number of hydrogen-bond donors (Lipinski definition) is 0. The van der Waals surface area contributed by atoms with Gasteiger partial charge in [0.25, 0.3) is 0 Å². The van der Waals surface area contributed by atoms with Gasteiger partial charge in [0.05, 0.1) is 0 Å². The molecule has 23 heavy (non-hydrogen) atoms. The molecule has 0 aliphatic heterocycles. The number of benzene rings is 1. The topological polar surface area (TPSA) is 17.1 Å². The predicted octanol–water partition coefficient (Wildman–Crippen LogP) is 6.23. The predicted molar refractivity (Wildman–Crippen MR) is 101 cm³/mol. The van der Waals surface area contributed by atoms with Crippen molar-refractivity contribution in [1.29, 1.82) is 0 Å². The monoisotopic (exact) mass is 310 g/mol. The van der Waals surface area contributed by atoms with Crippen LogP contribution in [0.5, 0.6) is 0 Å². The fraction of sp³-hybridized carbons (Fsp3) is 0.409. The van der Waals surface area contributed by atoms with Crippen LogP contribution in [-0.2, 0) is 4.79 Å². The summed E-state index contributed by atoms with van der Waals surface area (Å²) in [6.45, 7) is 14.9. The SMILES string of the molecule is C\C(=C/C(/C=C(\C=O)C(C)(C)C)=C\c1ccccc1)C(C)(C)C. The molecule has 0 radical (unpaired) electrons. The van der Waals surface area contributed by atoms with Gasteiger partial charge in [-0.1, -0.05) is 83.5 Å². The van der Waals surface area contributed by atoms with Crippen molar-refractivity contribution in [2.45, 2.75) is 48.5 Å². The van der Waals surface area contributed by atoms with Crippen molar-refractivity contribution >= 4 is 12.4 Å². The van der Waals surface area contributed by atoms with Crippen LogP contribution in [0.15, 0.2) is 59.2 Å². The number of allylic oxidation sites excluding steroid dienone is 5. The molecule has 0 amide bonds. The Morgan fingerprint density at radius 2 is 1.43 bits per heavy atom. The molecule has 0 heterocycles. The minimum atomic E-state index is -0.166. The van der Waals surface area contributed by atoms with Crippen LogP contribution < -0.4 is 0 Å². The molecule has 1 rings (SSSR count). The third-order valence-corrected chi connectivity index (χ3v) is 4.01. The largest absolute Gasteiger partial charge is 0.298 e. The standard InChI is InChI=1S/C22H30O/c1-17(21(2,3)4)13-19(14-18-11-9-8-10-12-18)15-20(16-23)22(5,6)7/h8-16H,1-7H3/b17-13+,19-14+,20-15+. The summed E-state index contributed by atoms with van der Waals surface area (Å²) in [5.74, 6) is 0. The van der Waals surface area contributed by atoms with Crippen LogP contribution in [0, 0.1) is 10.8 Å². The van der Waals surface area contributed by atoms with Gasteiger partial charge in [-0.15, -0.1) is 0 Å². The number of carbonyl (C=O) groups excluding carboxylic acids is 1. The molecule has 124 valence electrons. The van der Waals surface area contributed by atoms with E-state index in [1.165, 1.54) is 5.57 Å². The first-order valence-corrected chi connectivity index (χ1v) is 8.17. The molecule has 0 saturated carbocycles. The number of rotatable bonds is 4. The van der Waals surface area contributed by atoms with Crippen molar-refractivity contribution in [1.82, 2.24) is 0 Å². The Bertz CT molecular complexity index is 614. The summed E-state index contributed by atoms with van der Waals surface area (Å²) in [6.07, 6.45) is 7.29. The van der Waals surface area contributed by atoms with Gasteiger partial charge in [0.1, 0.15) is 6.29 Å². The van der Waals surface area contributed by atoms with E-state index in [1.807, 2.05) is 24.3 Å². The molecule has 0 N–H and O–H groups in total. The lowest BCUT2D eigenvalue weighted by Crippen LogP contribution is -2.11. The minimum absolute atomic E-state index is 0.104. The van der Waals surface area contributed by atoms with E-state index >= 15 is 0 Å². The summed E-state index contributed by atoms with van der Waals surface area (Å²) in [5, 5.41) is 0. The molecule has 1 nitrogen and oxygen atoms in total. The maximum atomic E-state index is 11.5. The molecule has 0 fully saturated rings. The molecule has 0 aliphatic carbocycles. The van der Waals surface area contributed by atoms with Gasteiger partial charge in [-0.25, -0.2) is 0 Å². The third-order valence-electron chi connectivity index (χ3n) is 4.01. The van der Waals surface area contributed by atoms with Crippen molar-refractivity contribution in [3.8, 4) is 0 Å². The summed E-state index contributed by atoms with van der Waals surface area (Å²) in [6, 6.07) is 10.2. The molecule has 1 aromatic rings. The van der Waals surface area contributed by atoms with E-state index in [-0.39, 0.29) is 10.8 Å². The Morgan fingerprint density at radius 1 is 0.870 bits per heavy atom. The van der Waals surface area contributed by atoms with Gasteiger partial charge >= 0.3 is 0 Å². The number of carbonyl (C=O) groups is 1. The number of hydrogen-bond acceptors (Lipinski definition) is 1. The average molecular weight is 310 g/mol. The lowest BCUT2D eigenvalue weighted by Gasteiger charge is -2.21. The van der Waals surface area contributed by atoms with Gasteiger partial charge < -0.3 is 0 Å². The van der Waals surface area contributed by atoms with Gasteiger partial charge in [-0.3, -0.25) is 4.79 Å². The van der Waals surface area contributed by atoms with Crippen molar-refractivity contribution < 1.29 is 4.79 Å². The second-order valence-corrected chi connectivity index (χ2v) is 8.10. The third kappa shape index (κ3) is 6.40. The van der Waals surface area contributed by atoms with Crippen LogP contribution in [0.4, 0.5) is 0 Å². The quantitative estimate of drug-likeness (QED) is 0.366. The molecular weight excluding hydrogens is 280 g/mol. The fourth-order valence-electron chi connectivity index (χ4n) is 1.94. The van der Waals surface area contributed by atoms with Crippen LogP contribution in [-0.4, -0.2) is 6.29 Å². The Morgan fingerprint density at radius 3 is 1.87 bits per heavy atom. The molecule has 0 saturated heterocycles. The van der Waals surface area contributed by atoms with Crippen LogP contribution in [0.3, 0.4) is 0 Å². The van der Waals surface area contributed by atoms with Crippen molar-refractivity contribution in [2.24, 2.45) is 10.8 Å². The van der Waals surface area contributed by atoms with E-state index in [1.54, 1.807) is 0 Å². The summed E-state index contributed by atoms with van der Waals surface area (Å²) in [7, 11) is 0. The zero-order valence-corrected chi connectivity index (χ0v) is 15.6. The van der Waals surface area contributed by atoms with Crippen molar-refractivity contribution in [2.75, 3.05) is 0 Å². The highest BCUT2D eigenvalue weighted by molar-refractivity contribution is 5.77. The van der Waals surface area contributed by atoms with E-state index in [2.05, 4.69) is 72.8 Å². The molecule has 0 aromatic heterocycles. The maximum Gasteiger partial charge on any atom is 0.146 e. The minimum Gasteiger partial charge on any atom is -0.298 e. The van der Waals surface area contributed by atoms with E-state index in [4.69, 9.17) is 0 Å². The van der Waals surface area contributed by atoms with E-state index in [0.717, 1.165) is 23.0 Å². The lowest BCUT2D eigenvalue weighted by molar-refractivity contribution is -0.105. The zero-order chi connectivity index (χ0) is 17.7. The molecule has 0 unspecified atom stereocenters. The first kappa shape index (κ1) is 19.2. The highest BCUT2D eigenvalue weighted by atomic mass is 16.1. The van der Waals surface area contributed by atoms with Gasteiger partial charge in [0, 0.05) is 0 Å². The van der Waals surface area contributed by atoms with Crippen molar-refractivity contribution in [3.63, 3.8) is 0 Å². The van der Waals surface area contributed by atoms with E-state index < -0.39 is 0 Å². The van der Waals surface area contributed by atoms with E-state index in [9.17, 15) is 4.79 Å².